The highest BCUT2D eigenvalue weighted by molar-refractivity contribution is 7.99. The van der Waals surface area contributed by atoms with Crippen molar-refractivity contribution in [2.24, 2.45) is 5.14 Å². The van der Waals surface area contributed by atoms with Crippen molar-refractivity contribution in [2.45, 2.75) is 10.6 Å². The van der Waals surface area contributed by atoms with Crippen molar-refractivity contribution in [3.63, 3.8) is 0 Å². The zero-order chi connectivity index (χ0) is 16.9. The summed E-state index contributed by atoms with van der Waals surface area (Å²) < 4.78 is 22.3. The van der Waals surface area contributed by atoms with Crippen LogP contribution in [0.2, 0.25) is 5.02 Å². The minimum absolute atomic E-state index is 0.00333. The molecular formula is C15H15ClN2O3S2. The SMILES string of the molecule is NS(=O)(=O)c1ccc(NC(=O)CSCc2ccccc2Cl)cc1. The van der Waals surface area contributed by atoms with Gasteiger partial charge in [-0.3, -0.25) is 4.79 Å². The molecule has 0 aliphatic carbocycles. The number of anilines is 1. The Morgan fingerprint density at radius 3 is 2.39 bits per heavy atom. The normalized spacial score (nSPS) is 11.2. The first-order valence-corrected chi connectivity index (χ1v) is 9.68. The summed E-state index contributed by atoms with van der Waals surface area (Å²) in [6.45, 7) is 0. The topological polar surface area (TPSA) is 89.3 Å². The summed E-state index contributed by atoms with van der Waals surface area (Å²) in [7, 11) is -3.73. The number of nitrogens with one attached hydrogen (secondary N) is 1. The fraction of sp³-hybridized carbons (Fsp3) is 0.133. The first kappa shape index (κ1) is 17.8. The van der Waals surface area contributed by atoms with Crippen LogP contribution in [0.3, 0.4) is 0 Å². The number of thioether (sulfide) groups is 1. The molecule has 8 heteroatoms. The average molecular weight is 371 g/mol. The van der Waals surface area contributed by atoms with Gasteiger partial charge >= 0.3 is 0 Å². The molecule has 0 spiro atoms. The minimum atomic E-state index is -3.73. The van der Waals surface area contributed by atoms with Crippen molar-refractivity contribution in [1.29, 1.82) is 0 Å². The molecule has 2 aromatic carbocycles. The molecule has 0 aliphatic heterocycles. The summed E-state index contributed by atoms with van der Waals surface area (Å²) in [4.78, 5) is 11.9. The number of rotatable bonds is 6. The maximum absolute atomic E-state index is 11.9. The van der Waals surface area contributed by atoms with Gasteiger partial charge in [0.15, 0.2) is 0 Å². The zero-order valence-corrected chi connectivity index (χ0v) is 14.4. The van der Waals surface area contributed by atoms with E-state index in [9.17, 15) is 13.2 Å². The fourth-order valence-corrected chi connectivity index (χ4v) is 3.42. The van der Waals surface area contributed by atoms with Gasteiger partial charge in [-0.2, -0.15) is 0 Å². The van der Waals surface area contributed by atoms with E-state index in [-0.39, 0.29) is 16.6 Å². The molecular weight excluding hydrogens is 356 g/mol. The van der Waals surface area contributed by atoms with Crippen LogP contribution in [0.25, 0.3) is 0 Å². The smallest absolute Gasteiger partial charge is 0.238 e. The Labute approximate surface area is 144 Å². The van der Waals surface area contributed by atoms with Crippen molar-refractivity contribution in [3.8, 4) is 0 Å². The lowest BCUT2D eigenvalue weighted by atomic mass is 10.2. The van der Waals surface area contributed by atoms with E-state index >= 15 is 0 Å². The van der Waals surface area contributed by atoms with E-state index in [1.54, 1.807) is 0 Å². The molecule has 1 amide bonds. The summed E-state index contributed by atoms with van der Waals surface area (Å²) in [5.41, 5.74) is 1.49. The van der Waals surface area contributed by atoms with Crippen LogP contribution in [0.15, 0.2) is 53.4 Å². The van der Waals surface area contributed by atoms with Crippen LogP contribution in [-0.4, -0.2) is 20.1 Å². The molecule has 23 heavy (non-hydrogen) atoms. The highest BCUT2D eigenvalue weighted by Crippen LogP contribution is 2.21. The summed E-state index contributed by atoms with van der Waals surface area (Å²) >= 11 is 7.49. The van der Waals surface area contributed by atoms with Gasteiger partial charge in [0, 0.05) is 16.5 Å². The van der Waals surface area contributed by atoms with Gasteiger partial charge in [-0.05, 0) is 35.9 Å². The van der Waals surface area contributed by atoms with E-state index in [0.29, 0.717) is 16.5 Å². The molecule has 0 atom stereocenters. The Hall–Kier alpha value is -1.54. The van der Waals surface area contributed by atoms with E-state index < -0.39 is 10.0 Å². The van der Waals surface area contributed by atoms with Crippen LogP contribution < -0.4 is 10.5 Å². The quantitative estimate of drug-likeness (QED) is 0.818. The molecule has 0 saturated carbocycles. The Morgan fingerprint density at radius 2 is 1.78 bits per heavy atom. The monoisotopic (exact) mass is 370 g/mol. The van der Waals surface area contributed by atoms with Crippen LogP contribution >= 0.6 is 23.4 Å². The van der Waals surface area contributed by atoms with Crippen molar-refractivity contribution < 1.29 is 13.2 Å². The Balaban J connectivity index is 1.84. The highest BCUT2D eigenvalue weighted by Gasteiger charge is 2.08. The predicted octanol–water partition coefficient (Wildman–Crippen LogP) is 2.86. The summed E-state index contributed by atoms with van der Waals surface area (Å²) in [6.07, 6.45) is 0. The lowest BCUT2D eigenvalue weighted by Gasteiger charge is -2.07. The lowest BCUT2D eigenvalue weighted by molar-refractivity contribution is -0.113. The van der Waals surface area contributed by atoms with Crippen molar-refractivity contribution in [3.05, 3.63) is 59.1 Å². The second-order valence-corrected chi connectivity index (χ2v) is 7.66. The molecule has 2 rings (SSSR count). The number of halogens is 1. The molecule has 122 valence electrons. The molecule has 0 aromatic heterocycles. The first-order chi connectivity index (χ1) is 10.9. The summed E-state index contributed by atoms with van der Waals surface area (Å²) in [5.74, 6) is 0.727. The summed E-state index contributed by atoms with van der Waals surface area (Å²) in [5, 5.41) is 8.38. The van der Waals surface area contributed by atoms with E-state index in [1.807, 2.05) is 24.3 Å². The van der Waals surface area contributed by atoms with E-state index in [4.69, 9.17) is 16.7 Å². The Kier molecular flexibility index (Phi) is 6.06. The number of sulfonamides is 1. The largest absolute Gasteiger partial charge is 0.325 e. The maximum Gasteiger partial charge on any atom is 0.238 e. The van der Waals surface area contributed by atoms with Gasteiger partial charge in [-0.25, -0.2) is 13.6 Å². The number of carbonyl (C=O) groups is 1. The molecule has 3 N–H and O–H groups in total. The van der Waals surface area contributed by atoms with Crippen LogP contribution in [0.5, 0.6) is 0 Å². The Morgan fingerprint density at radius 1 is 1.13 bits per heavy atom. The van der Waals surface area contributed by atoms with Crippen LogP contribution in [0.4, 0.5) is 5.69 Å². The van der Waals surface area contributed by atoms with Crippen LogP contribution in [0.1, 0.15) is 5.56 Å². The third kappa shape index (κ3) is 5.54. The zero-order valence-electron chi connectivity index (χ0n) is 12.0. The molecule has 0 heterocycles. The number of primary sulfonamides is 1. The number of benzene rings is 2. The van der Waals surface area contributed by atoms with Gasteiger partial charge in [-0.15, -0.1) is 11.8 Å². The molecule has 0 aliphatic rings. The summed E-state index contributed by atoms with van der Waals surface area (Å²) in [6, 6.07) is 13.2. The van der Waals surface area contributed by atoms with Gasteiger partial charge in [-0.1, -0.05) is 29.8 Å². The van der Waals surface area contributed by atoms with Gasteiger partial charge in [0.1, 0.15) is 0 Å². The second kappa shape index (κ2) is 7.83. The predicted molar refractivity (Wildman–Crippen MR) is 94.1 cm³/mol. The van der Waals surface area contributed by atoms with Gasteiger partial charge in [0.25, 0.3) is 0 Å². The molecule has 0 fully saturated rings. The highest BCUT2D eigenvalue weighted by atomic mass is 35.5. The minimum Gasteiger partial charge on any atom is -0.325 e. The third-order valence-corrected chi connectivity index (χ3v) is 5.19. The molecule has 0 saturated heterocycles. The van der Waals surface area contributed by atoms with Crippen molar-refractivity contribution >= 4 is 45.0 Å². The molecule has 0 radical (unpaired) electrons. The number of amides is 1. The van der Waals surface area contributed by atoms with Crippen LogP contribution in [0, 0.1) is 0 Å². The van der Waals surface area contributed by atoms with Crippen molar-refractivity contribution in [2.75, 3.05) is 11.1 Å². The molecule has 0 bridgehead atoms. The van der Waals surface area contributed by atoms with Gasteiger partial charge in [0.2, 0.25) is 15.9 Å². The fourth-order valence-electron chi connectivity index (χ4n) is 1.79. The van der Waals surface area contributed by atoms with E-state index in [0.717, 1.165) is 5.56 Å². The van der Waals surface area contributed by atoms with Gasteiger partial charge in [0.05, 0.1) is 10.6 Å². The molecule has 2 aromatic rings. The first-order valence-electron chi connectivity index (χ1n) is 6.60. The van der Waals surface area contributed by atoms with Gasteiger partial charge < -0.3 is 5.32 Å². The number of carbonyl (C=O) groups excluding carboxylic acids is 1. The average Bonchev–Trinajstić information content (AvgIpc) is 2.49. The lowest BCUT2D eigenvalue weighted by Crippen LogP contribution is -2.15. The number of hydrogen-bond acceptors (Lipinski definition) is 4. The number of hydrogen-bond donors (Lipinski definition) is 2. The molecule has 5 nitrogen and oxygen atoms in total. The van der Waals surface area contributed by atoms with Crippen molar-refractivity contribution in [1.82, 2.24) is 0 Å². The van der Waals surface area contributed by atoms with E-state index in [1.165, 1.54) is 36.0 Å². The Bertz CT molecular complexity index is 793. The van der Waals surface area contributed by atoms with E-state index in [2.05, 4.69) is 5.32 Å². The van der Waals surface area contributed by atoms with Crippen LogP contribution in [-0.2, 0) is 20.6 Å². The third-order valence-electron chi connectivity index (χ3n) is 2.92. The standard InChI is InChI=1S/C15H15ClN2O3S2/c16-14-4-2-1-3-11(14)9-22-10-15(19)18-12-5-7-13(8-6-12)23(17,20)21/h1-8H,9-10H2,(H,18,19)(H2,17,20,21). The number of nitrogens with two attached hydrogens (primary N) is 1. The second-order valence-electron chi connectivity index (χ2n) is 4.70. The maximum atomic E-state index is 11.9. The molecule has 0 unspecified atom stereocenters.